The molecule has 5 nitrogen and oxygen atoms in total. The van der Waals surface area contributed by atoms with Gasteiger partial charge in [0.1, 0.15) is 0 Å². The number of aromatic nitrogens is 5. The van der Waals surface area contributed by atoms with Crippen LogP contribution in [0.2, 0.25) is 0 Å². The molecule has 1 aliphatic rings. The van der Waals surface area contributed by atoms with E-state index < -0.39 is 6.17 Å². The molecule has 3 aromatic rings. The van der Waals surface area contributed by atoms with Crippen molar-refractivity contribution < 1.29 is 4.39 Å². The Labute approximate surface area is 133 Å². The number of fused-ring (bicyclic) bond motifs is 1. The van der Waals surface area contributed by atoms with Crippen LogP contribution in [0.4, 0.5) is 4.39 Å². The summed E-state index contributed by atoms with van der Waals surface area (Å²) in [5.74, 6) is 0.928. The summed E-state index contributed by atoms with van der Waals surface area (Å²) in [7, 11) is 1.86. The van der Waals surface area contributed by atoms with Gasteiger partial charge in [0.2, 0.25) is 0 Å². The molecule has 4 rings (SSSR count). The normalized spacial score (nSPS) is 20.3. The summed E-state index contributed by atoms with van der Waals surface area (Å²) in [5, 5.41) is 8.57. The minimum atomic E-state index is -1.08. The molecule has 0 bridgehead atoms. The van der Waals surface area contributed by atoms with E-state index in [1.54, 1.807) is 21.6 Å². The molecule has 2 aromatic heterocycles. The molecule has 2 unspecified atom stereocenters. The topological polar surface area (TPSA) is 48.5 Å². The smallest absolute Gasteiger partial charge is 0.174 e. The van der Waals surface area contributed by atoms with E-state index in [0.717, 1.165) is 11.1 Å². The standard InChI is InChI=1S/C17H16FN5/c1-22-11-12(10-19-22)7-8-16-20-17-14(18)9-15(23(17)21-16)13-5-3-2-4-6-13/h2-8,10-11,14-15H,9H2,1H3/b8-7+. The third-order valence-electron chi connectivity index (χ3n) is 4.01. The summed E-state index contributed by atoms with van der Waals surface area (Å²) in [6, 6.07) is 9.78. The Morgan fingerprint density at radius 1 is 1.22 bits per heavy atom. The van der Waals surface area contributed by atoms with E-state index in [1.165, 1.54) is 0 Å². The van der Waals surface area contributed by atoms with Crippen molar-refractivity contribution in [2.24, 2.45) is 7.05 Å². The summed E-state index contributed by atoms with van der Waals surface area (Å²) < 4.78 is 17.7. The van der Waals surface area contributed by atoms with Crippen molar-refractivity contribution >= 4 is 12.2 Å². The fourth-order valence-electron chi connectivity index (χ4n) is 2.92. The van der Waals surface area contributed by atoms with Gasteiger partial charge in [0.05, 0.1) is 12.2 Å². The zero-order valence-electron chi connectivity index (χ0n) is 12.7. The molecule has 116 valence electrons. The first-order valence-electron chi connectivity index (χ1n) is 7.53. The van der Waals surface area contributed by atoms with Crippen LogP contribution >= 0.6 is 0 Å². The summed E-state index contributed by atoms with van der Waals surface area (Å²) in [4.78, 5) is 4.33. The van der Waals surface area contributed by atoms with E-state index in [4.69, 9.17) is 0 Å². The third-order valence-corrected chi connectivity index (χ3v) is 4.01. The van der Waals surface area contributed by atoms with Gasteiger partial charge in [-0.3, -0.25) is 4.68 Å². The zero-order valence-corrected chi connectivity index (χ0v) is 12.7. The minimum Gasteiger partial charge on any atom is -0.275 e. The number of aryl methyl sites for hydroxylation is 1. The van der Waals surface area contributed by atoms with Crippen LogP contribution in [0.3, 0.4) is 0 Å². The zero-order chi connectivity index (χ0) is 15.8. The number of rotatable bonds is 3. The molecule has 6 heteroatoms. The van der Waals surface area contributed by atoms with E-state index >= 15 is 0 Å². The van der Waals surface area contributed by atoms with Gasteiger partial charge in [0.15, 0.2) is 17.8 Å². The number of halogens is 1. The van der Waals surface area contributed by atoms with Gasteiger partial charge >= 0.3 is 0 Å². The highest BCUT2D eigenvalue weighted by molar-refractivity contribution is 5.65. The third kappa shape index (κ3) is 2.56. The van der Waals surface area contributed by atoms with Crippen LogP contribution in [0.1, 0.15) is 41.4 Å². The molecule has 1 aromatic carbocycles. The van der Waals surface area contributed by atoms with Gasteiger partial charge in [-0.25, -0.2) is 14.1 Å². The molecule has 1 aliphatic heterocycles. The SMILES string of the molecule is Cn1cc(/C=C/c2nc3n(n2)C(c2ccccc2)CC3F)cn1. The molecule has 0 N–H and O–H groups in total. The number of hydrogen-bond donors (Lipinski definition) is 0. The molecule has 0 saturated heterocycles. The fraction of sp³-hybridized carbons (Fsp3) is 0.235. The second-order valence-electron chi connectivity index (χ2n) is 5.68. The van der Waals surface area contributed by atoms with Crippen molar-refractivity contribution in [1.29, 1.82) is 0 Å². The fourth-order valence-corrected chi connectivity index (χ4v) is 2.92. The molecule has 23 heavy (non-hydrogen) atoms. The molecule has 0 amide bonds. The molecule has 0 saturated carbocycles. The minimum absolute atomic E-state index is 0.0887. The van der Waals surface area contributed by atoms with Gasteiger partial charge < -0.3 is 0 Å². The van der Waals surface area contributed by atoms with Gasteiger partial charge in [-0.05, 0) is 17.7 Å². The summed E-state index contributed by atoms with van der Waals surface area (Å²) in [6.45, 7) is 0. The van der Waals surface area contributed by atoms with Crippen molar-refractivity contribution in [3.63, 3.8) is 0 Å². The van der Waals surface area contributed by atoms with Crippen molar-refractivity contribution in [1.82, 2.24) is 24.5 Å². The first kappa shape index (κ1) is 13.9. The highest BCUT2D eigenvalue weighted by Gasteiger charge is 2.34. The average molecular weight is 309 g/mol. The largest absolute Gasteiger partial charge is 0.275 e. The van der Waals surface area contributed by atoms with Gasteiger partial charge in [-0.1, -0.05) is 30.3 Å². The van der Waals surface area contributed by atoms with Crippen LogP contribution in [0.25, 0.3) is 12.2 Å². The van der Waals surface area contributed by atoms with E-state index in [1.807, 2.05) is 49.7 Å². The Balaban J connectivity index is 1.64. The van der Waals surface area contributed by atoms with Crippen molar-refractivity contribution in [2.75, 3.05) is 0 Å². The lowest BCUT2D eigenvalue weighted by Gasteiger charge is -2.11. The predicted octanol–water partition coefficient (Wildman–Crippen LogP) is 3.19. The Hall–Kier alpha value is -2.76. The first-order chi connectivity index (χ1) is 11.2. The lowest BCUT2D eigenvalue weighted by molar-refractivity contribution is 0.328. The van der Waals surface area contributed by atoms with Crippen molar-refractivity contribution in [3.8, 4) is 0 Å². The highest BCUT2D eigenvalue weighted by atomic mass is 19.1. The van der Waals surface area contributed by atoms with Crippen molar-refractivity contribution in [2.45, 2.75) is 18.6 Å². The van der Waals surface area contributed by atoms with Crippen LogP contribution in [0.15, 0.2) is 42.7 Å². The van der Waals surface area contributed by atoms with Crippen LogP contribution in [-0.4, -0.2) is 24.5 Å². The highest BCUT2D eigenvalue weighted by Crippen LogP contribution is 2.39. The molecule has 0 spiro atoms. The Morgan fingerprint density at radius 3 is 2.78 bits per heavy atom. The lowest BCUT2D eigenvalue weighted by Crippen LogP contribution is -2.07. The monoisotopic (exact) mass is 309 g/mol. The summed E-state index contributed by atoms with van der Waals surface area (Å²) in [5.41, 5.74) is 2.01. The first-order valence-corrected chi connectivity index (χ1v) is 7.53. The molecular weight excluding hydrogens is 293 g/mol. The lowest BCUT2D eigenvalue weighted by atomic mass is 10.0. The number of nitrogens with zero attached hydrogens (tertiary/aromatic N) is 5. The quantitative estimate of drug-likeness (QED) is 0.746. The molecular formula is C17H16FN5. The number of benzene rings is 1. The summed E-state index contributed by atoms with van der Waals surface area (Å²) >= 11 is 0. The van der Waals surface area contributed by atoms with E-state index in [0.29, 0.717) is 18.1 Å². The predicted molar refractivity (Wildman–Crippen MR) is 85.2 cm³/mol. The summed E-state index contributed by atoms with van der Waals surface area (Å²) in [6.07, 6.45) is 6.63. The number of alkyl halides is 1. The number of hydrogen-bond acceptors (Lipinski definition) is 3. The molecule has 0 aliphatic carbocycles. The average Bonchev–Trinajstić information content (AvgIpc) is 3.23. The molecule has 2 atom stereocenters. The maximum Gasteiger partial charge on any atom is 0.174 e. The van der Waals surface area contributed by atoms with E-state index in [-0.39, 0.29) is 6.04 Å². The van der Waals surface area contributed by atoms with Crippen molar-refractivity contribution in [3.05, 3.63) is 65.5 Å². The van der Waals surface area contributed by atoms with Crippen LogP contribution in [0, 0.1) is 0 Å². The Kier molecular flexibility index (Phi) is 3.29. The van der Waals surface area contributed by atoms with Gasteiger partial charge in [-0.2, -0.15) is 10.2 Å². The second kappa shape index (κ2) is 5.46. The Morgan fingerprint density at radius 2 is 2.04 bits per heavy atom. The van der Waals surface area contributed by atoms with Gasteiger partial charge in [0.25, 0.3) is 0 Å². The van der Waals surface area contributed by atoms with Gasteiger partial charge in [-0.15, -0.1) is 0 Å². The van der Waals surface area contributed by atoms with E-state index in [2.05, 4.69) is 15.2 Å². The maximum atomic E-state index is 14.3. The molecule has 0 fully saturated rings. The van der Waals surface area contributed by atoms with E-state index in [9.17, 15) is 4.39 Å². The van der Waals surface area contributed by atoms with Crippen LogP contribution in [-0.2, 0) is 7.05 Å². The Bertz CT molecular complexity index is 849. The molecule has 3 heterocycles. The van der Waals surface area contributed by atoms with Crippen LogP contribution in [0.5, 0.6) is 0 Å². The molecule has 0 radical (unpaired) electrons. The second-order valence-corrected chi connectivity index (χ2v) is 5.68. The van der Waals surface area contributed by atoms with Gasteiger partial charge in [0, 0.05) is 25.2 Å². The van der Waals surface area contributed by atoms with Crippen LogP contribution < -0.4 is 0 Å². The maximum absolute atomic E-state index is 14.3.